The third-order valence-electron chi connectivity index (χ3n) is 1.35. The van der Waals surface area contributed by atoms with Crippen LogP contribution in [0.3, 0.4) is 0 Å². The summed E-state index contributed by atoms with van der Waals surface area (Å²) in [5.74, 6) is 0. The van der Waals surface area contributed by atoms with Crippen molar-refractivity contribution in [1.29, 1.82) is 0 Å². The Bertz CT molecular complexity index is 224. The molecule has 1 heterocycles. The third kappa shape index (κ3) is 2.34. The fraction of sp³-hybridized carbons (Fsp3) is 0.571. The van der Waals surface area contributed by atoms with E-state index in [9.17, 15) is 0 Å². The molecule has 0 unspecified atom stereocenters. The van der Waals surface area contributed by atoms with Crippen molar-refractivity contribution in [2.24, 2.45) is 0 Å². The molecule has 0 N–H and O–H groups in total. The van der Waals surface area contributed by atoms with Gasteiger partial charge in [0.2, 0.25) is 0 Å². The molecular formula is C7H11ClN2S. The summed E-state index contributed by atoms with van der Waals surface area (Å²) in [6.45, 7) is 3.18. The Hall–Kier alpha value is -0.280. The summed E-state index contributed by atoms with van der Waals surface area (Å²) in [5, 5.41) is 3.44. The number of rotatable bonds is 3. The van der Waals surface area contributed by atoms with Gasteiger partial charge in [-0.25, -0.2) is 4.98 Å². The van der Waals surface area contributed by atoms with Crippen LogP contribution in [-0.4, -0.2) is 18.6 Å². The molecule has 4 heteroatoms. The summed E-state index contributed by atoms with van der Waals surface area (Å²) in [7, 11) is 2.03. The normalized spacial score (nSPS) is 10.1. The first-order chi connectivity index (χ1) is 5.24. The average molecular weight is 191 g/mol. The minimum Gasteiger partial charge on any atom is -0.351 e. The molecule has 0 spiro atoms. The minimum atomic E-state index is 0.591. The zero-order chi connectivity index (χ0) is 8.27. The third-order valence-corrected chi connectivity index (χ3v) is 2.63. The van der Waals surface area contributed by atoms with Gasteiger partial charge < -0.3 is 4.90 Å². The summed E-state index contributed by atoms with van der Waals surface area (Å²) in [6, 6.07) is 0. The number of aromatic nitrogens is 1. The Morgan fingerprint density at radius 2 is 2.45 bits per heavy atom. The molecule has 0 atom stereocenters. The van der Waals surface area contributed by atoms with Crippen molar-refractivity contribution in [2.45, 2.75) is 13.3 Å². The molecule has 0 amide bonds. The lowest BCUT2D eigenvalue weighted by atomic mass is 10.5. The van der Waals surface area contributed by atoms with Gasteiger partial charge in [-0.3, -0.25) is 0 Å². The Labute approximate surface area is 75.8 Å². The van der Waals surface area contributed by atoms with Crippen LogP contribution in [-0.2, 0) is 0 Å². The quantitative estimate of drug-likeness (QED) is 0.729. The van der Waals surface area contributed by atoms with Gasteiger partial charge in [-0.05, 0) is 6.42 Å². The molecule has 0 bridgehead atoms. The molecule has 0 aliphatic carbocycles. The van der Waals surface area contributed by atoms with Crippen LogP contribution >= 0.6 is 22.9 Å². The molecular weight excluding hydrogens is 180 g/mol. The fourth-order valence-corrected chi connectivity index (χ4v) is 1.79. The van der Waals surface area contributed by atoms with Crippen molar-refractivity contribution in [3.63, 3.8) is 0 Å². The van der Waals surface area contributed by atoms with E-state index in [-0.39, 0.29) is 0 Å². The first kappa shape index (κ1) is 8.81. The highest BCUT2D eigenvalue weighted by Gasteiger charge is 2.03. The lowest BCUT2D eigenvalue weighted by Crippen LogP contribution is -2.17. The molecule has 2 nitrogen and oxygen atoms in total. The SMILES string of the molecule is CCCN(C)c1nc(Cl)cs1. The summed E-state index contributed by atoms with van der Waals surface area (Å²) in [4.78, 5) is 6.25. The largest absolute Gasteiger partial charge is 0.351 e. The van der Waals surface area contributed by atoms with Crippen LogP contribution in [0.2, 0.25) is 5.15 Å². The Morgan fingerprint density at radius 3 is 2.91 bits per heavy atom. The van der Waals surface area contributed by atoms with Gasteiger partial charge in [-0.15, -0.1) is 11.3 Å². The van der Waals surface area contributed by atoms with E-state index in [4.69, 9.17) is 11.6 Å². The van der Waals surface area contributed by atoms with Crippen LogP contribution in [0.1, 0.15) is 13.3 Å². The number of nitrogens with zero attached hydrogens (tertiary/aromatic N) is 2. The maximum absolute atomic E-state index is 5.68. The minimum absolute atomic E-state index is 0.591. The lowest BCUT2D eigenvalue weighted by Gasteiger charge is -2.13. The van der Waals surface area contributed by atoms with Gasteiger partial charge in [-0.2, -0.15) is 0 Å². The van der Waals surface area contributed by atoms with Crippen LogP contribution < -0.4 is 4.90 Å². The molecule has 0 fully saturated rings. The van der Waals surface area contributed by atoms with Crippen molar-refractivity contribution >= 4 is 28.1 Å². The number of thiazole rings is 1. The van der Waals surface area contributed by atoms with Crippen molar-refractivity contribution in [3.8, 4) is 0 Å². The second kappa shape index (κ2) is 3.93. The zero-order valence-corrected chi connectivity index (χ0v) is 8.24. The molecule has 1 rings (SSSR count). The van der Waals surface area contributed by atoms with Crippen LogP contribution in [0.25, 0.3) is 0 Å². The second-order valence-electron chi connectivity index (χ2n) is 2.37. The molecule has 1 aromatic heterocycles. The Kier molecular flexibility index (Phi) is 3.15. The highest BCUT2D eigenvalue weighted by molar-refractivity contribution is 7.14. The maximum atomic E-state index is 5.68. The number of hydrogen-bond donors (Lipinski definition) is 0. The summed E-state index contributed by atoms with van der Waals surface area (Å²) >= 11 is 7.26. The first-order valence-electron chi connectivity index (χ1n) is 3.56. The van der Waals surface area contributed by atoms with Gasteiger partial charge in [0.15, 0.2) is 5.13 Å². The van der Waals surface area contributed by atoms with Crippen molar-refractivity contribution in [2.75, 3.05) is 18.5 Å². The molecule has 0 saturated carbocycles. The highest BCUT2D eigenvalue weighted by atomic mass is 35.5. The first-order valence-corrected chi connectivity index (χ1v) is 4.82. The molecule has 0 saturated heterocycles. The predicted octanol–water partition coefficient (Wildman–Crippen LogP) is 2.64. The summed E-state index contributed by atoms with van der Waals surface area (Å²) < 4.78 is 0. The van der Waals surface area contributed by atoms with Gasteiger partial charge in [0, 0.05) is 19.0 Å². The van der Waals surface area contributed by atoms with Crippen LogP contribution in [0.15, 0.2) is 5.38 Å². The molecule has 0 radical (unpaired) electrons. The molecule has 62 valence electrons. The van der Waals surface area contributed by atoms with Crippen molar-refractivity contribution < 1.29 is 0 Å². The molecule has 0 aliphatic heterocycles. The van der Waals surface area contributed by atoms with Gasteiger partial charge in [0.1, 0.15) is 5.15 Å². The number of halogens is 1. The van der Waals surface area contributed by atoms with Gasteiger partial charge in [0.25, 0.3) is 0 Å². The fourth-order valence-electron chi connectivity index (χ4n) is 0.852. The molecule has 0 aliphatic rings. The second-order valence-corrected chi connectivity index (χ2v) is 3.60. The van der Waals surface area contributed by atoms with Crippen molar-refractivity contribution in [1.82, 2.24) is 4.98 Å². The number of anilines is 1. The van der Waals surface area contributed by atoms with E-state index in [1.807, 2.05) is 12.4 Å². The van der Waals surface area contributed by atoms with E-state index < -0.39 is 0 Å². The van der Waals surface area contributed by atoms with Crippen LogP contribution in [0, 0.1) is 0 Å². The Balaban J connectivity index is 2.60. The van der Waals surface area contributed by atoms with Gasteiger partial charge >= 0.3 is 0 Å². The molecule has 1 aromatic rings. The maximum Gasteiger partial charge on any atom is 0.186 e. The summed E-state index contributed by atoms with van der Waals surface area (Å²) in [5.41, 5.74) is 0. The highest BCUT2D eigenvalue weighted by Crippen LogP contribution is 2.21. The Morgan fingerprint density at radius 1 is 1.73 bits per heavy atom. The van der Waals surface area contributed by atoms with E-state index in [1.165, 1.54) is 0 Å². The van der Waals surface area contributed by atoms with Gasteiger partial charge in [0.05, 0.1) is 0 Å². The van der Waals surface area contributed by atoms with Gasteiger partial charge in [-0.1, -0.05) is 18.5 Å². The molecule has 0 aromatic carbocycles. The molecule has 11 heavy (non-hydrogen) atoms. The predicted molar refractivity (Wildman–Crippen MR) is 50.7 cm³/mol. The zero-order valence-electron chi connectivity index (χ0n) is 6.67. The van der Waals surface area contributed by atoms with E-state index >= 15 is 0 Å². The smallest absolute Gasteiger partial charge is 0.186 e. The number of hydrogen-bond acceptors (Lipinski definition) is 3. The van der Waals surface area contributed by atoms with Crippen molar-refractivity contribution in [3.05, 3.63) is 10.5 Å². The summed E-state index contributed by atoms with van der Waals surface area (Å²) in [6.07, 6.45) is 1.13. The van der Waals surface area contributed by atoms with Crippen LogP contribution in [0.5, 0.6) is 0 Å². The standard InChI is InChI=1S/C7H11ClN2S/c1-3-4-10(2)7-9-6(8)5-11-7/h5H,3-4H2,1-2H3. The van der Waals surface area contributed by atoms with E-state index in [2.05, 4.69) is 16.8 Å². The lowest BCUT2D eigenvalue weighted by molar-refractivity contribution is 0.848. The topological polar surface area (TPSA) is 16.1 Å². The van der Waals surface area contributed by atoms with E-state index in [0.717, 1.165) is 18.1 Å². The van der Waals surface area contributed by atoms with E-state index in [1.54, 1.807) is 11.3 Å². The monoisotopic (exact) mass is 190 g/mol. The average Bonchev–Trinajstić information content (AvgIpc) is 2.36. The van der Waals surface area contributed by atoms with Crippen LogP contribution in [0.4, 0.5) is 5.13 Å². The van der Waals surface area contributed by atoms with E-state index in [0.29, 0.717) is 5.15 Å².